The van der Waals surface area contributed by atoms with Crippen molar-refractivity contribution < 1.29 is 4.79 Å². The highest BCUT2D eigenvalue weighted by molar-refractivity contribution is 5.80. The van der Waals surface area contributed by atoms with E-state index < -0.39 is 11.1 Å². The lowest BCUT2D eigenvalue weighted by atomic mass is 9.79. The van der Waals surface area contributed by atoms with Gasteiger partial charge in [0.25, 0.3) is 0 Å². The van der Waals surface area contributed by atoms with Crippen molar-refractivity contribution in [2.45, 2.75) is 84.7 Å². The average molecular weight is 300 g/mol. The van der Waals surface area contributed by atoms with Gasteiger partial charge in [0.05, 0.1) is 5.92 Å². The summed E-state index contributed by atoms with van der Waals surface area (Å²) in [6.45, 7) is 12.8. The molecule has 0 saturated carbocycles. The molecule has 0 aliphatic heterocycles. The topological polar surface area (TPSA) is 81.1 Å². The van der Waals surface area contributed by atoms with Gasteiger partial charge in [-0.3, -0.25) is 4.79 Å². The Hall–Kier alpha value is -0.610. The fourth-order valence-corrected chi connectivity index (χ4v) is 2.53. The van der Waals surface area contributed by atoms with Gasteiger partial charge in [-0.1, -0.05) is 33.1 Å². The van der Waals surface area contributed by atoms with Crippen LogP contribution in [-0.4, -0.2) is 23.5 Å². The molecule has 0 bridgehead atoms. The molecule has 0 aromatic carbocycles. The summed E-state index contributed by atoms with van der Waals surface area (Å²) in [4.78, 5) is 12.5. The lowest BCUT2D eigenvalue weighted by Gasteiger charge is -2.34. The molecule has 0 heterocycles. The second-order valence-electron chi connectivity index (χ2n) is 7.73. The third-order valence-electron chi connectivity index (χ3n) is 4.05. The molecule has 0 rings (SSSR count). The van der Waals surface area contributed by atoms with E-state index in [1.807, 2.05) is 27.7 Å². The van der Waals surface area contributed by atoms with Crippen LogP contribution in [0.1, 0.15) is 73.6 Å². The lowest BCUT2D eigenvalue weighted by Crippen LogP contribution is -2.53. The van der Waals surface area contributed by atoms with Gasteiger partial charge in [0.15, 0.2) is 0 Å². The van der Waals surface area contributed by atoms with E-state index in [1.54, 1.807) is 0 Å². The number of carbonyl (C=O) groups excluding carboxylic acids is 1. The summed E-state index contributed by atoms with van der Waals surface area (Å²) in [5, 5.41) is 3.10. The van der Waals surface area contributed by atoms with E-state index in [4.69, 9.17) is 11.5 Å². The number of carbonyl (C=O) groups is 1. The van der Waals surface area contributed by atoms with E-state index in [1.165, 1.54) is 19.3 Å². The van der Waals surface area contributed by atoms with Crippen molar-refractivity contribution >= 4 is 5.91 Å². The SMILES string of the molecule is CCCCC(CC)CNC(=O)C(CC(C)(C)N)C(C)(C)N. The average Bonchev–Trinajstić information content (AvgIpc) is 2.33. The summed E-state index contributed by atoms with van der Waals surface area (Å²) in [6, 6.07) is 0. The Kier molecular flexibility index (Phi) is 8.49. The van der Waals surface area contributed by atoms with Crippen molar-refractivity contribution in [3.8, 4) is 0 Å². The molecule has 0 aromatic heterocycles. The van der Waals surface area contributed by atoms with Crippen LogP contribution in [0.15, 0.2) is 0 Å². The number of hydrogen-bond donors (Lipinski definition) is 3. The summed E-state index contributed by atoms with van der Waals surface area (Å²) < 4.78 is 0. The standard InChI is InChI=1S/C17H37N3O/c1-7-9-10-13(8-2)12-20-15(21)14(17(5,6)19)11-16(3,4)18/h13-14H,7-12,18-19H2,1-6H3,(H,20,21). The monoisotopic (exact) mass is 299 g/mol. The van der Waals surface area contributed by atoms with Gasteiger partial charge in [-0.05, 0) is 46.5 Å². The molecule has 0 saturated heterocycles. The summed E-state index contributed by atoms with van der Waals surface area (Å²) in [5.41, 5.74) is 11.3. The smallest absolute Gasteiger partial charge is 0.225 e. The fraction of sp³-hybridized carbons (Fsp3) is 0.941. The van der Waals surface area contributed by atoms with Crippen molar-refractivity contribution in [1.29, 1.82) is 0 Å². The second kappa shape index (κ2) is 8.74. The van der Waals surface area contributed by atoms with E-state index in [0.29, 0.717) is 12.3 Å². The third-order valence-corrected chi connectivity index (χ3v) is 4.05. The van der Waals surface area contributed by atoms with Crippen molar-refractivity contribution in [3.63, 3.8) is 0 Å². The molecule has 126 valence electrons. The Labute approximate surface area is 131 Å². The van der Waals surface area contributed by atoms with E-state index in [0.717, 1.165) is 13.0 Å². The first-order valence-corrected chi connectivity index (χ1v) is 8.36. The molecule has 0 radical (unpaired) electrons. The number of hydrogen-bond acceptors (Lipinski definition) is 3. The van der Waals surface area contributed by atoms with Crippen LogP contribution in [0.5, 0.6) is 0 Å². The van der Waals surface area contributed by atoms with Crippen LogP contribution in [0.2, 0.25) is 0 Å². The zero-order valence-electron chi connectivity index (χ0n) is 15.0. The minimum atomic E-state index is -0.564. The van der Waals surface area contributed by atoms with E-state index in [9.17, 15) is 4.79 Å². The molecule has 5 N–H and O–H groups in total. The Morgan fingerprint density at radius 2 is 1.71 bits per heavy atom. The zero-order valence-corrected chi connectivity index (χ0v) is 15.0. The highest BCUT2D eigenvalue weighted by atomic mass is 16.1. The van der Waals surface area contributed by atoms with Crippen LogP contribution in [0.4, 0.5) is 0 Å². The number of rotatable bonds is 10. The van der Waals surface area contributed by atoms with Crippen molar-refractivity contribution in [1.82, 2.24) is 5.32 Å². The molecule has 0 aliphatic rings. The maximum atomic E-state index is 12.5. The van der Waals surface area contributed by atoms with E-state index in [2.05, 4.69) is 19.2 Å². The maximum absolute atomic E-state index is 12.5. The van der Waals surface area contributed by atoms with Crippen LogP contribution in [0, 0.1) is 11.8 Å². The quantitative estimate of drug-likeness (QED) is 0.580. The molecule has 1 amide bonds. The van der Waals surface area contributed by atoms with Gasteiger partial charge in [-0.2, -0.15) is 0 Å². The maximum Gasteiger partial charge on any atom is 0.225 e. The first kappa shape index (κ1) is 20.4. The summed E-state index contributed by atoms with van der Waals surface area (Å²) in [7, 11) is 0. The molecule has 0 aliphatic carbocycles. The van der Waals surface area contributed by atoms with Crippen LogP contribution in [0.25, 0.3) is 0 Å². The van der Waals surface area contributed by atoms with Crippen LogP contribution in [-0.2, 0) is 4.79 Å². The first-order chi connectivity index (χ1) is 9.51. The molecule has 21 heavy (non-hydrogen) atoms. The first-order valence-electron chi connectivity index (χ1n) is 8.36. The van der Waals surface area contributed by atoms with Crippen molar-refractivity contribution in [3.05, 3.63) is 0 Å². The van der Waals surface area contributed by atoms with Crippen LogP contribution >= 0.6 is 0 Å². The molecule has 4 heteroatoms. The number of nitrogens with one attached hydrogen (secondary N) is 1. The number of unbranched alkanes of at least 4 members (excludes halogenated alkanes) is 1. The highest BCUT2D eigenvalue weighted by Gasteiger charge is 2.35. The molecule has 2 atom stereocenters. The minimum absolute atomic E-state index is 0.0379. The molecule has 0 aromatic rings. The Balaban J connectivity index is 4.61. The van der Waals surface area contributed by atoms with E-state index in [-0.39, 0.29) is 11.8 Å². The van der Waals surface area contributed by atoms with Gasteiger partial charge in [0, 0.05) is 17.6 Å². The molecule has 0 spiro atoms. The van der Waals surface area contributed by atoms with Gasteiger partial charge in [0.2, 0.25) is 5.91 Å². The zero-order chi connectivity index (χ0) is 16.7. The predicted octanol–water partition coefficient (Wildman–Crippen LogP) is 2.80. The third kappa shape index (κ3) is 9.10. The summed E-state index contributed by atoms with van der Waals surface area (Å²) >= 11 is 0. The van der Waals surface area contributed by atoms with Gasteiger partial charge in [0.1, 0.15) is 0 Å². The van der Waals surface area contributed by atoms with Crippen LogP contribution < -0.4 is 16.8 Å². The number of nitrogens with two attached hydrogens (primary N) is 2. The Morgan fingerprint density at radius 1 is 1.14 bits per heavy atom. The highest BCUT2D eigenvalue weighted by Crippen LogP contribution is 2.24. The Bertz CT molecular complexity index is 302. The fourth-order valence-electron chi connectivity index (χ4n) is 2.53. The van der Waals surface area contributed by atoms with Crippen molar-refractivity contribution in [2.75, 3.05) is 6.54 Å². The molecular weight excluding hydrogens is 262 g/mol. The van der Waals surface area contributed by atoms with E-state index >= 15 is 0 Å². The summed E-state index contributed by atoms with van der Waals surface area (Å²) in [6.07, 6.45) is 5.28. The molecule has 2 unspecified atom stereocenters. The summed E-state index contributed by atoms with van der Waals surface area (Å²) in [5.74, 6) is 0.332. The second-order valence-corrected chi connectivity index (χ2v) is 7.73. The van der Waals surface area contributed by atoms with Gasteiger partial charge in [-0.15, -0.1) is 0 Å². The largest absolute Gasteiger partial charge is 0.356 e. The molecular formula is C17H37N3O. The molecule has 4 nitrogen and oxygen atoms in total. The van der Waals surface area contributed by atoms with Crippen LogP contribution in [0.3, 0.4) is 0 Å². The normalized spacial score (nSPS) is 15.6. The van der Waals surface area contributed by atoms with Crippen molar-refractivity contribution in [2.24, 2.45) is 23.3 Å². The Morgan fingerprint density at radius 3 is 2.10 bits per heavy atom. The lowest BCUT2D eigenvalue weighted by molar-refractivity contribution is -0.127. The van der Waals surface area contributed by atoms with Gasteiger partial charge >= 0.3 is 0 Å². The minimum Gasteiger partial charge on any atom is -0.356 e. The predicted molar refractivity (Wildman–Crippen MR) is 91.0 cm³/mol. The van der Waals surface area contributed by atoms with Gasteiger partial charge in [-0.25, -0.2) is 0 Å². The van der Waals surface area contributed by atoms with Gasteiger partial charge < -0.3 is 16.8 Å². The molecule has 0 fully saturated rings. The number of amides is 1.